The highest BCUT2D eigenvalue weighted by atomic mass is 32.2. The second-order valence-corrected chi connectivity index (χ2v) is 8.28. The Morgan fingerprint density at radius 3 is 2.48 bits per heavy atom. The number of aromatic nitrogens is 3. The number of nitrogens with two attached hydrogens (primary N) is 1. The number of rotatable bonds is 3. The Morgan fingerprint density at radius 2 is 1.88 bits per heavy atom. The summed E-state index contributed by atoms with van der Waals surface area (Å²) in [4.78, 5) is 14.5. The summed E-state index contributed by atoms with van der Waals surface area (Å²) in [5.74, 6) is 2.19. The van der Waals surface area contributed by atoms with Crippen molar-refractivity contribution in [3.63, 3.8) is 0 Å². The molecule has 0 saturated heterocycles. The van der Waals surface area contributed by atoms with Crippen LogP contribution in [-0.4, -0.2) is 40.5 Å². The minimum Gasteiger partial charge on any atom is -0.329 e. The highest BCUT2D eigenvalue weighted by Gasteiger charge is 2.35. The van der Waals surface area contributed by atoms with Gasteiger partial charge in [-0.3, -0.25) is 4.79 Å². The number of hydrogen-bond acceptors (Lipinski definition) is 5. The largest absolute Gasteiger partial charge is 0.329 e. The fourth-order valence-corrected chi connectivity index (χ4v) is 3.82. The van der Waals surface area contributed by atoms with Gasteiger partial charge in [-0.05, 0) is 44.0 Å². The number of carbonyl (C=O) groups is 1. The van der Waals surface area contributed by atoms with Gasteiger partial charge < -0.3 is 9.47 Å². The molecule has 2 aliphatic rings. The number of hydrogen-bond donors (Lipinski definition) is 1. The monoisotopic (exact) mass is 361 g/mol. The SMILES string of the molecule is C[C@H]1CN(C(=O)c2ccc(S(N)(=O)=O)cc2)Cc2nnc(C3CC3)n21. The third-order valence-electron chi connectivity index (χ3n) is 4.71. The van der Waals surface area contributed by atoms with Gasteiger partial charge in [-0.2, -0.15) is 0 Å². The smallest absolute Gasteiger partial charge is 0.254 e. The molecule has 1 aliphatic heterocycles. The first-order chi connectivity index (χ1) is 11.8. The van der Waals surface area contributed by atoms with E-state index in [4.69, 9.17) is 5.14 Å². The Hall–Kier alpha value is -2.26. The Kier molecular flexibility index (Phi) is 3.66. The Labute approximate surface area is 145 Å². The molecule has 2 heterocycles. The van der Waals surface area contributed by atoms with Crippen molar-refractivity contribution in [1.82, 2.24) is 19.7 Å². The number of fused-ring (bicyclic) bond motifs is 1. The zero-order chi connectivity index (χ0) is 17.8. The summed E-state index contributed by atoms with van der Waals surface area (Å²) in [5, 5.41) is 13.7. The molecule has 132 valence electrons. The van der Waals surface area contributed by atoms with Crippen LogP contribution in [0.2, 0.25) is 0 Å². The Morgan fingerprint density at radius 1 is 1.20 bits per heavy atom. The van der Waals surface area contributed by atoms with Crippen molar-refractivity contribution >= 4 is 15.9 Å². The predicted molar refractivity (Wildman–Crippen MR) is 89.3 cm³/mol. The van der Waals surface area contributed by atoms with E-state index in [0.29, 0.717) is 24.6 Å². The third kappa shape index (κ3) is 2.93. The van der Waals surface area contributed by atoms with Crippen molar-refractivity contribution in [2.24, 2.45) is 5.14 Å². The number of sulfonamides is 1. The van der Waals surface area contributed by atoms with E-state index < -0.39 is 10.0 Å². The van der Waals surface area contributed by atoms with Gasteiger partial charge in [0.1, 0.15) is 5.82 Å². The number of carbonyl (C=O) groups excluding carboxylic acids is 1. The molecule has 25 heavy (non-hydrogen) atoms. The van der Waals surface area contributed by atoms with Gasteiger partial charge >= 0.3 is 0 Å². The van der Waals surface area contributed by atoms with E-state index in [2.05, 4.69) is 21.7 Å². The van der Waals surface area contributed by atoms with Crippen molar-refractivity contribution < 1.29 is 13.2 Å². The molecule has 9 heteroatoms. The lowest BCUT2D eigenvalue weighted by Crippen LogP contribution is -2.40. The van der Waals surface area contributed by atoms with Crippen LogP contribution >= 0.6 is 0 Å². The second kappa shape index (κ2) is 5.63. The van der Waals surface area contributed by atoms with Crippen molar-refractivity contribution in [2.75, 3.05) is 6.54 Å². The van der Waals surface area contributed by atoms with Crippen LogP contribution in [-0.2, 0) is 16.6 Å². The van der Waals surface area contributed by atoms with Crippen LogP contribution < -0.4 is 5.14 Å². The summed E-state index contributed by atoms with van der Waals surface area (Å²) in [6, 6.07) is 5.79. The van der Waals surface area contributed by atoms with Gasteiger partial charge in [-0.1, -0.05) is 0 Å². The Balaban J connectivity index is 1.57. The fourth-order valence-electron chi connectivity index (χ4n) is 3.31. The molecule has 1 amide bonds. The first-order valence-corrected chi connectivity index (χ1v) is 9.75. The van der Waals surface area contributed by atoms with E-state index in [1.54, 1.807) is 4.90 Å². The molecular weight excluding hydrogens is 342 g/mol. The average molecular weight is 361 g/mol. The topological polar surface area (TPSA) is 111 Å². The van der Waals surface area contributed by atoms with Gasteiger partial charge in [-0.25, -0.2) is 13.6 Å². The van der Waals surface area contributed by atoms with E-state index in [-0.39, 0.29) is 16.8 Å². The van der Waals surface area contributed by atoms with E-state index in [1.165, 1.54) is 24.3 Å². The van der Waals surface area contributed by atoms with Gasteiger partial charge in [0.25, 0.3) is 5.91 Å². The standard InChI is InChI=1S/C16H19N5O3S/c1-10-8-20(9-14-18-19-15(21(10)14)11-2-3-11)16(22)12-4-6-13(7-5-12)25(17,23)24/h4-7,10-11H,2-3,8-9H2,1H3,(H2,17,23,24)/t10-/m0/s1. The van der Waals surface area contributed by atoms with E-state index >= 15 is 0 Å². The van der Waals surface area contributed by atoms with Gasteiger partial charge in [0.2, 0.25) is 10.0 Å². The summed E-state index contributed by atoms with van der Waals surface area (Å²) >= 11 is 0. The molecule has 1 saturated carbocycles. The van der Waals surface area contributed by atoms with Gasteiger partial charge in [-0.15, -0.1) is 10.2 Å². The van der Waals surface area contributed by atoms with E-state index in [0.717, 1.165) is 24.5 Å². The highest BCUT2D eigenvalue weighted by Crippen LogP contribution is 2.41. The summed E-state index contributed by atoms with van der Waals surface area (Å²) in [7, 11) is -3.76. The molecule has 4 rings (SSSR count). The number of benzene rings is 1. The van der Waals surface area contributed by atoms with Crippen LogP contribution in [0.5, 0.6) is 0 Å². The van der Waals surface area contributed by atoms with Crippen LogP contribution in [0, 0.1) is 0 Å². The number of primary sulfonamides is 1. The summed E-state index contributed by atoms with van der Waals surface area (Å²) in [5.41, 5.74) is 0.426. The molecular formula is C16H19N5O3S. The fraction of sp³-hybridized carbons (Fsp3) is 0.438. The van der Waals surface area contributed by atoms with Crippen LogP contribution in [0.1, 0.15) is 53.7 Å². The third-order valence-corrected chi connectivity index (χ3v) is 5.64. The molecule has 0 unspecified atom stereocenters. The van der Waals surface area contributed by atoms with Crippen LogP contribution in [0.4, 0.5) is 0 Å². The Bertz CT molecular complexity index is 931. The van der Waals surface area contributed by atoms with Crippen molar-refractivity contribution in [3.05, 3.63) is 41.5 Å². The molecule has 1 aromatic carbocycles. The predicted octanol–water partition coefficient (Wildman–Crippen LogP) is 1.02. The van der Waals surface area contributed by atoms with E-state index in [9.17, 15) is 13.2 Å². The molecule has 0 radical (unpaired) electrons. The highest BCUT2D eigenvalue weighted by molar-refractivity contribution is 7.89. The molecule has 2 N–H and O–H groups in total. The normalized spacial score (nSPS) is 20.4. The van der Waals surface area contributed by atoms with Gasteiger partial charge in [0.15, 0.2) is 5.82 Å². The maximum atomic E-state index is 12.8. The molecule has 1 fully saturated rings. The number of amides is 1. The van der Waals surface area contributed by atoms with Crippen molar-refractivity contribution in [2.45, 2.75) is 43.2 Å². The zero-order valence-electron chi connectivity index (χ0n) is 13.8. The second-order valence-electron chi connectivity index (χ2n) is 6.72. The summed E-state index contributed by atoms with van der Waals surface area (Å²) in [6.45, 7) is 3.03. The molecule has 1 aromatic heterocycles. The molecule has 0 spiro atoms. The first-order valence-electron chi connectivity index (χ1n) is 8.20. The number of nitrogens with zero attached hydrogens (tertiary/aromatic N) is 4. The lowest BCUT2D eigenvalue weighted by molar-refractivity contribution is 0.0679. The van der Waals surface area contributed by atoms with Gasteiger partial charge in [0.05, 0.1) is 17.5 Å². The molecule has 8 nitrogen and oxygen atoms in total. The molecule has 2 aromatic rings. The van der Waals surface area contributed by atoms with Crippen LogP contribution in [0.3, 0.4) is 0 Å². The van der Waals surface area contributed by atoms with Crippen LogP contribution in [0.25, 0.3) is 0 Å². The van der Waals surface area contributed by atoms with E-state index in [1.807, 2.05) is 0 Å². The van der Waals surface area contributed by atoms with Crippen molar-refractivity contribution in [3.8, 4) is 0 Å². The summed E-state index contributed by atoms with van der Waals surface area (Å²) < 4.78 is 24.8. The minimum absolute atomic E-state index is 0.00937. The quantitative estimate of drug-likeness (QED) is 0.877. The molecule has 1 aliphatic carbocycles. The first kappa shape index (κ1) is 16.2. The lowest BCUT2D eigenvalue weighted by Gasteiger charge is -2.32. The molecule has 0 bridgehead atoms. The maximum Gasteiger partial charge on any atom is 0.254 e. The minimum atomic E-state index is -3.76. The van der Waals surface area contributed by atoms with Gasteiger partial charge in [0, 0.05) is 18.0 Å². The molecule has 1 atom stereocenters. The average Bonchev–Trinajstić information content (AvgIpc) is 3.33. The maximum absolute atomic E-state index is 12.8. The summed E-state index contributed by atoms with van der Waals surface area (Å²) in [6.07, 6.45) is 2.31. The van der Waals surface area contributed by atoms with Crippen molar-refractivity contribution in [1.29, 1.82) is 0 Å². The zero-order valence-corrected chi connectivity index (χ0v) is 14.6. The lowest BCUT2D eigenvalue weighted by atomic mass is 10.1. The van der Waals surface area contributed by atoms with Crippen LogP contribution in [0.15, 0.2) is 29.2 Å².